The highest BCUT2D eigenvalue weighted by Crippen LogP contribution is 2.19. The summed E-state index contributed by atoms with van der Waals surface area (Å²) in [6.45, 7) is 2.90. The van der Waals surface area contributed by atoms with E-state index in [0.29, 0.717) is 16.8 Å². The van der Waals surface area contributed by atoms with Crippen LogP contribution in [0.3, 0.4) is 0 Å². The van der Waals surface area contributed by atoms with Crippen LogP contribution in [0, 0.1) is 24.1 Å². The zero-order chi connectivity index (χ0) is 20.3. The first-order valence-corrected chi connectivity index (χ1v) is 8.29. The molecule has 0 saturated heterocycles. The lowest BCUT2D eigenvalue weighted by Crippen LogP contribution is -2.27. The summed E-state index contributed by atoms with van der Waals surface area (Å²) in [4.78, 5) is 28.8. The van der Waals surface area contributed by atoms with Crippen molar-refractivity contribution in [3.05, 3.63) is 81.3 Å². The monoisotopic (exact) mass is 378 g/mol. The first kappa shape index (κ1) is 18.9. The average Bonchev–Trinajstić information content (AvgIpc) is 2.69. The first-order valence-electron chi connectivity index (χ1n) is 8.29. The highest BCUT2D eigenvalue weighted by molar-refractivity contribution is 5.93. The topological polar surface area (TPSA) is 97.9 Å². The molecule has 0 aliphatic rings. The summed E-state index contributed by atoms with van der Waals surface area (Å²) in [6.07, 6.45) is 1.47. The van der Waals surface area contributed by atoms with Crippen molar-refractivity contribution in [1.29, 1.82) is 5.26 Å². The van der Waals surface area contributed by atoms with E-state index in [4.69, 9.17) is 10.00 Å². The number of halogens is 1. The van der Waals surface area contributed by atoms with Gasteiger partial charge in [0, 0.05) is 18.7 Å². The van der Waals surface area contributed by atoms with Gasteiger partial charge in [0.2, 0.25) is 0 Å². The van der Waals surface area contributed by atoms with Crippen LogP contribution < -0.4 is 10.3 Å². The SMILES string of the molecule is CC(=O)c1nn(-c2ccc(F)cc2)c(=O)c(OCc2ccnc(C#N)c2)c1C. The van der Waals surface area contributed by atoms with E-state index < -0.39 is 11.4 Å². The Hall–Kier alpha value is -3.86. The van der Waals surface area contributed by atoms with E-state index >= 15 is 0 Å². The highest BCUT2D eigenvalue weighted by Gasteiger charge is 2.19. The number of pyridine rings is 1. The van der Waals surface area contributed by atoms with Crippen molar-refractivity contribution < 1.29 is 13.9 Å². The number of Topliss-reactive ketones (excluding diaryl/α,β-unsaturated/α-hetero) is 1. The van der Waals surface area contributed by atoms with Gasteiger partial charge in [0.1, 0.15) is 29.9 Å². The molecule has 0 bridgehead atoms. The van der Waals surface area contributed by atoms with Gasteiger partial charge in [-0.1, -0.05) is 0 Å². The number of carbonyl (C=O) groups excluding carboxylic acids is 1. The van der Waals surface area contributed by atoms with Gasteiger partial charge < -0.3 is 4.74 Å². The third kappa shape index (κ3) is 3.78. The van der Waals surface area contributed by atoms with Crippen LogP contribution in [0.25, 0.3) is 5.69 Å². The van der Waals surface area contributed by atoms with Gasteiger partial charge in [-0.3, -0.25) is 9.59 Å². The average molecular weight is 378 g/mol. The summed E-state index contributed by atoms with van der Waals surface area (Å²) < 4.78 is 19.9. The van der Waals surface area contributed by atoms with Crippen LogP contribution >= 0.6 is 0 Å². The summed E-state index contributed by atoms with van der Waals surface area (Å²) in [5.74, 6) is -0.841. The Morgan fingerprint density at radius 3 is 2.64 bits per heavy atom. The fourth-order valence-electron chi connectivity index (χ4n) is 2.63. The second-order valence-corrected chi connectivity index (χ2v) is 6.00. The minimum atomic E-state index is -0.580. The van der Waals surface area contributed by atoms with E-state index in [2.05, 4.69) is 10.1 Å². The predicted octanol–water partition coefficient (Wildman–Crippen LogP) is 2.73. The number of aromatic nitrogens is 3. The van der Waals surface area contributed by atoms with Crippen LogP contribution in [0.15, 0.2) is 47.4 Å². The Bertz CT molecular complexity index is 1150. The molecule has 0 N–H and O–H groups in total. The number of hydrogen-bond acceptors (Lipinski definition) is 6. The van der Waals surface area contributed by atoms with Gasteiger partial charge in [0.15, 0.2) is 11.5 Å². The van der Waals surface area contributed by atoms with E-state index in [9.17, 15) is 14.0 Å². The molecule has 8 heteroatoms. The molecule has 0 aliphatic heterocycles. The molecular formula is C20H15FN4O3. The number of nitrogens with zero attached hydrogens (tertiary/aromatic N) is 4. The summed E-state index contributed by atoms with van der Waals surface area (Å²) in [5.41, 5.74) is 0.968. The number of nitriles is 1. The summed E-state index contributed by atoms with van der Waals surface area (Å²) in [5, 5.41) is 13.0. The third-order valence-corrected chi connectivity index (χ3v) is 4.01. The zero-order valence-corrected chi connectivity index (χ0v) is 15.1. The quantitative estimate of drug-likeness (QED) is 0.633. The molecule has 3 rings (SSSR count). The fourth-order valence-corrected chi connectivity index (χ4v) is 2.63. The lowest BCUT2D eigenvalue weighted by molar-refractivity contribution is 0.100. The number of ether oxygens (including phenoxy) is 1. The van der Waals surface area contributed by atoms with Gasteiger partial charge in [-0.15, -0.1) is 0 Å². The maximum absolute atomic E-state index is 13.2. The smallest absolute Gasteiger partial charge is 0.314 e. The molecule has 0 fully saturated rings. The molecule has 0 radical (unpaired) electrons. The van der Waals surface area contributed by atoms with Crippen molar-refractivity contribution >= 4 is 5.78 Å². The van der Waals surface area contributed by atoms with Crippen LogP contribution in [-0.2, 0) is 6.61 Å². The molecule has 3 aromatic rings. The van der Waals surface area contributed by atoms with Crippen molar-refractivity contribution in [3.63, 3.8) is 0 Å². The zero-order valence-electron chi connectivity index (χ0n) is 15.1. The molecule has 0 unspecified atom stereocenters. The van der Waals surface area contributed by atoms with Crippen molar-refractivity contribution in [2.75, 3.05) is 0 Å². The van der Waals surface area contributed by atoms with Gasteiger partial charge in [-0.2, -0.15) is 15.0 Å². The minimum absolute atomic E-state index is 0.00193. The predicted molar refractivity (Wildman–Crippen MR) is 97.8 cm³/mol. The summed E-state index contributed by atoms with van der Waals surface area (Å²) in [7, 11) is 0. The van der Waals surface area contributed by atoms with Gasteiger partial charge in [-0.25, -0.2) is 9.37 Å². The second kappa shape index (κ2) is 7.80. The van der Waals surface area contributed by atoms with E-state index in [1.54, 1.807) is 19.1 Å². The standard InChI is InChI=1S/C20H15FN4O3/c1-12-18(13(2)26)24-25(17-5-3-15(21)4-6-17)20(27)19(12)28-11-14-7-8-23-16(9-14)10-22/h3-9H,11H2,1-2H3. The minimum Gasteiger partial charge on any atom is -0.483 e. The van der Waals surface area contributed by atoms with Crippen molar-refractivity contribution in [1.82, 2.24) is 14.8 Å². The van der Waals surface area contributed by atoms with Crippen molar-refractivity contribution in [3.8, 4) is 17.5 Å². The number of ketones is 1. The van der Waals surface area contributed by atoms with Crippen LogP contribution in [0.2, 0.25) is 0 Å². The Balaban J connectivity index is 2.06. The first-order chi connectivity index (χ1) is 13.4. The van der Waals surface area contributed by atoms with Gasteiger partial charge >= 0.3 is 5.56 Å². The molecule has 0 spiro atoms. The molecule has 2 heterocycles. The number of rotatable bonds is 5. The molecule has 140 valence electrons. The molecule has 28 heavy (non-hydrogen) atoms. The van der Waals surface area contributed by atoms with Gasteiger partial charge in [0.25, 0.3) is 0 Å². The van der Waals surface area contributed by atoms with Crippen LogP contribution in [0.1, 0.15) is 34.2 Å². The molecule has 0 saturated carbocycles. The Morgan fingerprint density at radius 1 is 1.29 bits per heavy atom. The van der Waals surface area contributed by atoms with Gasteiger partial charge in [0.05, 0.1) is 5.69 Å². The van der Waals surface area contributed by atoms with Crippen LogP contribution in [0.4, 0.5) is 4.39 Å². The number of hydrogen-bond donors (Lipinski definition) is 0. The molecule has 0 atom stereocenters. The number of carbonyl (C=O) groups is 1. The lowest BCUT2D eigenvalue weighted by atomic mass is 10.1. The Labute approximate surface area is 159 Å². The van der Waals surface area contributed by atoms with Gasteiger partial charge in [-0.05, 0) is 48.9 Å². The van der Waals surface area contributed by atoms with E-state index in [0.717, 1.165) is 4.68 Å². The van der Waals surface area contributed by atoms with E-state index in [-0.39, 0.29) is 29.5 Å². The lowest BCUT2D eigenvalue weighted by Gasteiger charge is -2.14. The molecular weight excluding hydrogens is 363 g/mol. The molecule has 7 nitrogen and oxygen atoms in total. The third-order valence-electron chi connectivity index (χ3n) is 4.01. The van der Waals surface area contributed by atoms with Crippen molar-refractivity contribution in [2.45, 2.75) is 20.5 Å². The van der Waals surface area contributed by atoms with Crippen LogP contribution in [-0.4, -0.2) is 20.5 Å². The van der Waals surface area contributed by atoms with Crippen molar-refractivity contribution in [2.24, 2.45) is 0 Å². The highest BCUT2D eigenvalue weighted by atomic mass is 19.1. The van der Waals surface area contributed by atoms with E-state index in [1.165, 1.54) is 37.4 Å². The Kier molecular flexibility index (Phi) is 5.27. The second-order valence-electron chi connectivity index (χ2n) is 6.00. The number of benzene rings is 1. The largest absolute Gasteiger partial charge is 0.483 e. The molecule has 1 aromatic carbocycles. The summed E-state index contributed by atoms with van der Waals surface area (Å²) in [6, 6.07) is 10.3. The fraction of sp³-hybridized carbons (Fsp3) is 0.150. The normalized spacial score (nSPS) is 10.4. The maximum atomic E-state index is 13.2. The Morgan fingerprint density at radius 2 is 2.00 bits per heavy atom. The van der Waals surface area contributed by atoms with Crippen LogP contribution in [0.5, 0.6) is 5.75 Å². The summed E-state index contributed by atoms with van der Waals surface area (Å²) >= 11 is 0. The maximum Gasteiger partial charge on any atom is 0.314 e. The molecule has 0 aliphatic carbocycles. The molecule has 2 aromatic heterocycles. The molecule has 0 amide bonds. The van der Waals surface area contributed by atoms with E-state index in [1.807, 2.05) is 6.07 Å².